The van der Waals surface area contributed by atoms with E-state index in [1.165, 1.54) is 30.3 Å². The number of benzene rings is 4. The van der Waals surface area contributed by atoms with Gasteiger partial charge in [0.1, 0.15) is 0 Å². The number of carbonyl (C=O) groups is 1. The third-order valence-corrected chi connectivity index (χ3v) is 7.54. The number of aromatic nitrogens is 1. The summed E-state index contributed by atoms with van der Waals surface area (Å²) in [5.74, 6) is -0.897. The van der Waals surface area contributed by atoms with Gasteiger partial charge < -0.3 is 9.67 Å². The van der Waals surface area contributed by atoms with Gasteiger partial charge in [0, 0.05) is 10.9 Å². The minimum absolute atomic E-state index is 0.0169. The molecule has 0 atom stereocenters. The first-order valence-electron chi connectivity index (χ1n) is 11.5. The fourth-order valence-electron chi connectivity index (χ4n) is 3.99. The number of carbonyl (C=O) groups excluding carboxylic acids is 1. The molecule has 5 rings (SSSR count). The van der Waals surface area contributed by atoms with Crippen LogP contribution in [-0.4, -0.2) is 24.0 Å². The molecule has 5 aromatic rings. The number of fused-ring (bicyclic) bond motifs is 1. The van der Waals surface area contributed by atoms with E-state index in [4.69, 9.17) is 11.6 Å². The van der Waals surface area contributed by atoms with Crippen LogP contribution in [0.5, 0.6) is 5.88 Å². The van der Waals surface area contributed by atoms with E-state index in [-0.39, 0.29) is 32.7 Å². The van der Waals surface area contributed by atoms with Crippen LogP contribution in [0.1, 0.15) is 15.9 Å². The Hall–Kier alpha value is -4.47. The van der Waals surface area contributed by atoms with Crippen LogP contribution in [0.4, 0.5) is 11.4 Å². The predicted molar refractivity (Wildman–Crippen MR) is 147 cm³/mol. The molecule has 1 heterocycles. The number of para-hydroxylation sites is 2. The van der Waals surface area contributed by atoms with E-state index in [0.717, 1.165) is 11.1 Å². The van der Waals surface area contributed by atoms with Crippen molar-refractivity contribution in [1.29, 1.82) is 0 Å². The van der Waals surface area contributed by atoms with E-state index < -0.39 is 15.9 Å². The van der Waals surface area contributed by atoms with E-state index in [0.29, 0.717) is 11.9 Å². The lowest BCUT2D eigenvalue weighted by molar-refractivity contribution is 0.0995. The van der Waals surface area contributed by atoms with Gasteiger partial charge in [0.15, 0.2) is 5.69 Å². The van der Waals surface area contributed by atoms with Crippen molar-refractivity contribution in [2.75, 3.05) is 4.72 Å². The Balaban J connectivity index is 1.43. The van der Waals surface area contributed by atoms with E-state index in [1.807, 2.05) is 42.5 Å². The van der Waals surface area contributed by atoms with Gasteiger partial charge in [0.25, 0.3) is 15.9 Å². The molecule has 38 heavy (non-hydrogen) atoms. The maximum absolute atomic E-state index is 12.9. The third-order valence-electron chi connectivity index (χ3n) is 5.85. The third kappa shape index (κ3) is 5.15. The van der Waals surface area contributed by atoms with Crippen LogP contribution in [0.3, 0.4) is 0 Å². The number of sulfonamides is 1. The molecular weight excluding hydrogens is 524 g/mol. The molecule has 190 valence electrons. The first-order valence-corrected chi connectivity index (χ1v) is 13.4. The number of nitrogens with one attached hydrogen (secondary N) is 1. The minimum Gasteiger partial charge on any atom is -0.493 e. The summed E-state index contributed by atoms with van der Waals surface area (Å²) in [5.41, 5.74) is 2.09. The largest absolute Gasteiger partial charge is 0.493 e. The highest BCUT2D eigenvalue weighted by Crippen LogP contribution is 2.39. The number of hydrogen-bond donors (Lipinski definition) is 2. The summed E-state index contributed by atoms with van der Waals surface area (Å²) in [6, 6.07) is 28.8. The fraction of sp³-hybridized carbons (Fsp3) is 0.0357. The molecular formula is C28H21ClN4O4S. The summed E-state index contributed by atoms with van der Waals surface area (Å²) in [6.45, 7) is 0.398. The van der Waals surface area contributed by atoms with Gasteiger partial charge >= 0.3 is 0 Å². The van der Waals surface area contributed by atoms with Crippen LogP contribution in [0.15, 0.2) is 118 Å². The molecule has 0 aliphatic heterocycles. The van der Waals surface area contributed by atoms with Crippen molar-refractivity contribution in [1.82, 2.24) is 4.57 Å². The minimum atomic E-state index is -4.02. The van der Waals surface area contributed by atoms with Crippen molar-refractivity contribution < 1.29 is 18.3 Å². The lowest BCUT2D eigenvalue weighted by Crippen LogP contribution is -2.13. The summed E-state index contributed by atoms with van der Waals surface area (Å²) in [5, 5.41) is 19.7. The molecule has 0 saturated heterocycles. The summed E-state index contributed by atoms with van der Waals surface area (Å²) >= 11 is 6.07. The van der Waals surface area contributed by atoms with Gasteiger partial charge in [-0.3, -0.25) is 9.52 Å². The van der Waals surface area contributed by atoms with E-state index >= 15 is 0 Å². The van der Waals surface area contributed by atoms with Gasteiger partial charge in [-0.05, 0) is 42.0 Å². The molecule has 0 spiro atoms. The quantitative estimate of drug-likeness (QED) is 0.220. The van der Waals surface area contributed by atoms with Crippen LogP contribution >= 0.6 is 11.6 Å². The summed E-state index contributed by atoms with van der Waals surface area (Å²) in [4.78, 5) is 12.7. The van der Waals surface area contributed by atoms with E-state index in [2.05, 4.69) is 15.0 Å². The monoisotopic (exact) mass is 544 g/mol. The lowest BCUT2D eigenvalue weighted by atomic mass is 10.2. The molecule has 8 nitrogen and oxygen atoms in total. The fourth-order valence-corrected chi connectivity index (χ4v) is 5.36. The molecule has 0 unspecified atom stereocenters. The number of aromatic hydroxyl groups is 1. The molecule has 2 N–H and O–H groups in total. The molecule has 4 aromatic carbocycles. The standard InChI is InChI=1S/C28H21ClN4O4S/c29-23-14-5-6-15-24(23)32-38(36,37)21-12-8-11-20(17-21)27(34)31-30-26-22-13-4-7-16-25(22)33(28(26)35)18-19-9-2-1-3-10-19/h1-17,32,35H,18H2. The Bertz CT molecular complexity index is 1780. The Morgan fingerprint density at radius 2 is 1.61 bits per heavy atom. The molecule has 0 radical (unpaired) electrons. The number of anilines is 1. The van der Waals surface area contributed by atoms with Crippen molar-refractivity contribution in [3.05, 3.63) is 119 Å². The van der Waals surface area contributed by atoms with E-state index in [9.17, 15) is 18.3 Å². The number of nitrogens with zero attached hydrogens (tertiary/aromatic N) is 3. The van der Waals surface area contributed by atoms with Gasteiger partial charge in [0.05, 0.1) is 27.7 Å². The SMILES string of the molecule is O=C(N=Nc1c(O)n(Cc2ccccc2)c2ccccc12)c1cccc(S(=O)(=O)Nc2ccccc2Cl)c1. The Kier molecular flexibility index (Phi) is 6.95. The number of halogens is 1. The second kappa shape index (κ2) is 10.5. The Labute approximate surface area is 223 Å². The topological polar surface area (TPSA) is 113 Å². The second-order valence-corrected chi connectivity index (χ2v) is 10.5. The molecule has 0 aliphatic rings. The molecule has 1 amide bonds. The number of azo groups is 1. The van der Waals surface area contributed by atoms with Gasteiger partial charge in [0.2, 0.25) is 5.88 Å². The van der Waals surface area contributed by atoms with Gasteiger partial charge in [-0.1, -0.05) is 78.3 Å². The zero-order valence-corrected chi connectivity index (χ0v) is 21.4. The smallest absolute Gasteiger partial charge is 0.295 e. The Morgan fingerprint density at radius 1 is 0.895 bits per heavy atom. The number of hydrogen-bond acceptors (Lipinski definition) is 5. The lowest BCUT2D eigenvalue weighted by Gasteiger charge is -2.10. The summed E-state index contributed by atoms with van der Waals surface area (Å²) in [6.07, 6.45) is 0. The first-order chi connectivity index (χ1) is 18.3. The predicted octanol–water partition coefficient (Wildman–Crippen LogP) is 6.77. The summed E-state index contributed by atoms with van der Waals surface area (Å²) in [7, 11) is -4.02. The van der Waals surface area contributed by atoms with Crippen LogP contribution in [0.25, 0.3) is 10.9 Å². The average Bonchev–Trinajstić information content (AvgIpc) is 3.19. The second-order valence-electron chi connectivity index (χ2n) is 8.38. The van der Waals surface area contributed by atoms with Gasteiger partial charge in [-0.25, -0.2) is 8.42 Å². The molecule has 1 aromatic heterocycles. The molecule has 10 heteroatoms. The van der Waals surface area contributed by atoms with E-state index in [1.54, 1.807) is 34.9 Å². The maximum atomic E-state index is 12.9. The van der Waals surface area contributed by atoms with Gasteiger partial charge in [-0.15, -0.1) is 10.2 Å². The average molecular weight is 545 g/mol. The molecule has 0 saturated carbocycles. The zero-order valence-electron chi connectivity index (χ0n) is 19.8. The van der Waals surface area contributed by atoms with Crippen LogP contribution in [-0.2, 0) is 16.6 Å². The van der Waals surface area contributed by atoms with Crippen molar-refractivity contribution in [2.45, 2.75) is 11.4 Å². The number of rotatable bonds is 7. The molecule has 0 aliphatic carbocycles. The van der Waals surface area contributed by atoms with Crippen molar-refractivity contribution in [3.8, 4) is 5.88 Å². The molecule has 0 fully saturated rings. The first kappa shape index (κ1) is 25.2. The van der Waals surface area contributed by atoms with Crippen molar-refractivity contribution >= 4 is 49.8 Å². The molecule has 0 bridgehead atoms. The highest BCUT2D eigenvalue weighted by Gasteiger charge is 2.19. The Morgan fingerprint density at radius 3 is 2.39 bits per heavy atom. The normalized spacial score (nSPS) is 11.7. The highest BCUT2D eigenvalue weighted by atomic mass is 35.5. The number of amides is 1. The van der Waals surface area contributed by atoms with Crippen molar-refractivity contribution in [2.24, 2.45) is 10.2 Å². The highest BCUT2D eigenvalue weighted by molar-refractivity contribution is 7.92. The summed E-state index contributed by atoms with van der Waals surface area (Å²) < 4.78 is 29.9. The zero-order chi connectivity index (χ0) is 26.7. The van der Waals surface area contributed by atoms with Crippen LogP contribution < -0.4 is 4.72 Å². The van der Waals surface area contributed by atoms with Crippen LogP contribution in [0.2, 0.25) is 5.02 Å². The maximum Gasteiger partial charge on any atom is 0.295 e. The van der Waals surface area contributed by atoms with Gasteiger partial charge in [-0.2, -0.15) is 0 Å². The van der Waals surface area contributed by atoms with Crippen LogP contribution in [0, 0.1) is 0 Å². The van der Waals surface area contributed by atoms with Crippen molar-refractivity contribution in [3.63, 3.8) is 0 Å².